The number of likely N-dealkylation sites (N-methyl/N-ethyl adjacent to an activating group) is 1. The zero-order valence-corrected chi connectivity index (χ0v) is 15.4. The second kappa shape index (κ2) is 5.99. The van der Waals surface area contributed by atoms with Crippen molar-refractivity contribution in [2.24, 2.45) is 0 Å². The molecule has 0 spiro atoms. The van der Waals surface area contributed by atoms with Crippen molar-refractivity contribution in [2.45, 2.75) is 18.9 Å². The van der Waals surface area contributed by atoms with E-state index in [-0.39, 0.29) is 17.5 Å². The van der Waals surface area contributed by atoms with Gasteiger partial charge in [0.25, 0.3) is 0 Å². The smallest absolute Gasteiger partial charge is 0.204 e. The summed E-state index contributed by atoms with van der Waals surface area (Å²) in [7, 11) is 6.72. The van der Waals surface area contributed by atoms with Crippen molar-refractivity contribution in [1.82, 2.24) is 4.90 Å². The van der Waals surface area contributed by atoms with Crippen LogP contribution in [0, 0.1) is 0 Å². The van der Waals surface area contributed by atoms with E-state index in [1.54, 1.807) is 13.2 Å². The number of nitrogens with zero attached hydrogens (tertiary/aromatic N) is 1. The van der Waals surface area contributed by atoms with E-state index in [2.05, 4.69) is 11.9 Å². The van der Waals surface area contributed by atoms with Crippen molar-refractivity contribution in [2.75, 3.05) is 34.9 Å². The van der Waals surface area contributed by atoms with Crippen molar-refractivity contribution < 1.29 is 24.4 Å². The first-order valence-electron chi connectivity index (χ1n) is 8.61. The number of ether oxygens (including phenoxy) is 3. The zero-order chi connectivity index (χ0) is 18.6. The molecule has 0 amide bonds. The summed E-state index contributed by atoms with van der Waals surface area (Å²) in [5, 5.41) is 21.0. The molecule has 0 unspecified atom stereocenters. The third-order valence-electron chi connectivity index (χ3n) is 5.60. The molecule has 2 N–H and O–H groups in total. The van der Waals surface area contributed by atoms with Crippen molar-refractivity contribution >= 4 is 0 Å². The summed E-state index contributed by atoms with van der Waals surface area (Å²) in [5.74, 6) is 1.56. The Morgan fingerprint density at radius 3 is 2.42 bits per heavy atom. The van der Waals surface area contributed by atoms with E-state index in [9.17, 15) is 10.2 Å². The maximum absolute atomic E-state index is 10.8. The Kier molecular flexibility index (Phi) is 3.88. The minimum absolute atomic E-state index is 0.111. The standard InChI is InChI=1S/C20H23NO5/c1-21-6-5-11-16-13(21)7-10-8-14(22)15(24-2)9-12(10)17(16)19(25-3)20(26-4)18(11)23/h8-9,13,22-23H,5-7H2,1-4H3/t13-/m0/s1. The Balaban J connectivity index is 2.12. The lowest BCUT2D eigenvalue weighted by Crippen LogP contribution is -2.35. The van der Waals surface area contributed by atoms with Crippen molar-refractivity contribution in [3.8, 4) is 39.9 Å². The monoisotopic (exact) mass is 357 g/mol. The van der Waals surface area contributed by atoms with Crippen LogP contribution >= 0.6 is 0 Å². The highest BCUT2D eigenvalue weighted by Crippen LogP contribution is 2.57. The fourth-order valence-electron chi connectivity index (χ4n) is 4.34. The Morgan fingerprint density at radius 2 is 1.77 bits per heavy atom. The first-order chi connectivity index (χ1) is 12.5. The van der Waals surface area contributed by atoms with Gasteiger partial charge in [-0.05, 0) is 48.7 Å². The van der Waals surface area contributed by atoms with E-state index < -0.39 is 0 Å². The quantitative estimate of drug-likeness (QED) is 0.880. The molecule has 1 atom stereocenters. The normalized spacial score (nSPS) is 18.1. The Morgan fingerprint density at radius 1 is 1.04 bits per heavy atom. The van der Waals surface area contributed by atoms with Gasteiger partial charge >= 0.3 is 0 Å². The molecule has 1 aliphatic heterocycles. The largest absolute Gasteiger partial charge is 0.504 e. The average molecular weight is 357 g/mol. The molecule has 0 aromatic heterocycles. The van der Waals surface area contributed by atoms with Gasteiger partial charge in [-0.3, -0.25) is 4.90 Å². The summed E-state index contributed by atoms with van der Waals surface area (Å²) >= 11 is 0. The lowest BCUT2D eigenvalue weighted by molar-refractivity contribution is 0.223. The van der Waals surface area contributed by atoms with Crippen LogP contribution in [0.5, 0.6) is 28.7 Å². The maximum Gasteiger partial charge on any atom is 0.204 e. The molecule has 4 rings (SSSR count). The van der Waals surface area contributed by atoms with E-state index in [0.717, 1.165) is 47.2 Å². The lowest BCUT2D eigenvalue weighted by Gasteiger charge is -2.41. The van der Waals surface area contributed by atoms with E-state index in [0.29, 0.717) is 17.2 Å². The van der Waals surface area contributed by atoms with Crippen LogP contribution in [0.3, 0.4) is 0 Å². The average Bonchev–Trinajstić information content (AvgIpc) is 2.64. The molecule has 138 valence electrons. The first-order valence-corrected chi connectivity index (χ1v) is 8.61. The summed E-state index contributed by atoms with van der Waals surface area (Å²) in [5.41, 5.74) is 4.87. The van der Waals surface area contributed by atoms with Crippen LogP contribution in [-0.4, -0.2) is 50.0 Å². The lowest BCUT2D eigenvalue weighted by atomic mass is 9.76. The SMILES string of the molecule is COc1cc2c(cc1O)C[C@H]1c3c(c(O)c(OC)c(OC)c3-2)CCN1C. The zero-order valence-electron chi connectivity index (χ0n) is 15.4. The molecule has 0 radical (unpaired) electrons. The van der Waals surface area contributed by atoms with Gasteiger partial charge in [0.15, 0.2) is 23.0 Å². The van der Waals surface area contributed by atoms with Crippen LogP contribution in [-0.2, 0) is 12.8 Å². The summed E-state index contributed by atoms with van der Waals surface area (Å²) in [6.07, 6.45) is 1.49. The Hall–Kier alpha value is -2.60. The number of methoxy groups -OCH3 is 3. The van der Waals surface area contributed by atoms with Gasteiger partial charge < -0.3 is 24.4 Å². The topological polar surface area (TPSA) is 71.4 Å². The molecule has 1 heterocycles. The third-order valence-corrected chi connectivity index (χ3v) is 5.60. The predicted octanol–water partition coefficient (Wildman–Crippen LogP) is 2.88. The Bertz CT molecular complexity index is 893. The second-order valence-electron chi connectivity index (χ2n) is 6.81. The molecule has 6 nitrogen and oxygen atoms in total. The molecule has 0 bridgehead atoms. The summed E-state index contributed by atoms with van der Waals surface area (Å²) in [6, 6.07) is 3.71. The van der Waals surface area contributed by atoms with Gasteiger partial charge in [0, 0.05) is 23.7 Å². The molecule has 0 saturated carbocycles. The highest BCUT2D eigenvalue weighted by atomic mass is 16.5. The maximum atomic E-state index is 10.8. The molecule has 2 aromatic carbocycles. The van der Waals surface area contributed by atoms with E-state index in [4.69, 9.17) is 14.2 Å². The predicted molar refractivity (Wildman–Crippen MR) is 97.6 cm³/mol. The molecule has 1 aliphatic carbocycles. The minimum Gasteiger partial charge on any atom is -0.504 e. The van der Waals surface area contributed by atoms with E-state index in [1.165, 1.54) is 14.2 Å². The highest BCUT2D eigenvalue weighted by Gasteiger charge is 2.39. The molecule has 0 fully saturated rings. The number of benzene rings is 2. The molecule has 2 aromatic rings. The fraction of sp³-hybridized carbons (Fsp3) is 0.400. The van der Waals surface area contributed by atoms with Crippen LogP contribution in [0.15, 0.2) is 12.1 Å². The summed E-state index contributed by atoms with van der Waals surface area (Å²) in [6.45, 7) is 0.845. The fourth-order valence-corrected chi connectivity index (χ4v) is 4.34. The van der Waals surface area contributed by atoms with Gasteiger partial charge in [-0.1, -0.05) is 0 Å². The summed E-state index contributed by atoms with van der Waals surface area (Å²) < 4.78 is 16.5. The molecular weight excluding hydrogens is 334 g/mol. The van der Waals surface area contributed by atoms with Crippen molar-refractivity contribution in [3.05, 3.63) is 28.8 Å². The Labute approximate surface area is 152 Å². The first kappa shape index (κ1) is 16.8. The molecule has 6 heteroatoms. The summed E-state index contributed by atoms with van der Waals surface area (Å²) in [4.78, 5) is 2.28. The van der Waals surface area contributed by atoms with Gasteiger partial charge in [-0.15, -0.1) is 0 Å². The van der Waals surface area contributed by atoms with Crippen LogP contribution in [0.4, 0.5) is 0 Å². The molecule has 2 aliphatic rings. The molecule has 26 heavy (non-hydrogen) atoms. The number of hydrogen-bond acceptors (Lipinski definition) is 6. The third kappa shape index (κ3) is 2.15. The van der Waals surface area contributed by atoms with Crippen molar-refractivity contribution in [1.29, 1.82) is 0 Å². The van der Waals surface area contributed by atoms with Crippen LogP contribution in [0.1, 0.15) is 22.7 Å². The van der Waals surface area contributed by atoms with Crippen LogP contribution in [0.2, 0.25) is 0 Å². The van der Waals surface area contributed by atoms with Crippen LogP contribution in [0.25, 0.3) is 11.1 Å². The van der Waals surface area contributed by atoms with Crippen molar-refractivity contribution in [3.63, 3.8) is 0 Å². The van der Waals surface area contributed by atoms with Gasteiger partial charge in [-0.2, -0.15) is 0 Å². The number of rotatable bonds is 3. The van der Waals surface area contributed by atoms with Gasteiger partial charge in [-0.25, -0.2) is 0 Å². The van der Waals surface area contributed by atoms with E-state index >= 15 is 0 Å². The second-order valence-corrected chi connectivity index (χ2v) is 6.81. The number of phenolic OH excluding ortho intramolecular Hbond substituents is 2. The number of aromatic hydroxyl groups is 2. The van der Waals surface area contributed by atoms with E-state index in [1.807, 2.05) is 6.07 Å². The number of phenols is 2. The van der Waals surface area contributed by atoms with Gasteiger partial charge in [0.05, 0.1) is 21.3 Å². The van der Waals surface area contributed by atoms with Crippen LogP contribution < -0.4 is 14.2 Å². The number of hydrogen-bond donors (Lipinski definition) is 2. The molecular formula is C20H23NO5. The van der Waals surface area contributed by atoms with Gasteiger partial charge in [0.1, 0.15) is 0 Å². The number of fused-ring (bicyclic) bond motifs is 2. The van der Waals surface area contributed by atoms with Gasteiger partial charge in [0.2, 0.25) is 5.75 Å². The highest BCUT2D eigenvalue weighted by molar-refractivity contribution is 5.87. The molecule has 0 saturated heterocycles. The minimum atomic E-state index is 0.111.